The van der Waals surface area contributed by atoms with Crippen LogP contribution in [-0.4, -0.2) is 35.3 Å². The zero-order valence-corrected chi connectivity index (χ0v) is 25.2. The number of fused-ring (bicyclic) bond motifs is 5. The Morgan fingerprint density at radius 2 is 1.70 bits per heavy atom. The lowest BCUT2D eigenvalue weighted by Crippen LogP contribution is -2.51. The first-order valence-corrected chi connectivity index (χ1v) is 14.8. The van der Waals surface area contributed by atoms with E-state index in [1.807, 2.05) is 56.3 Å². The lowest BCUT2D eigenvalue weighted by molar-refractivity contribution is -0.124. The first-order valence-electron chi connectivity index (χ1n) is 14.8. The first-order chi connectivity index (χ1) is 19.3. The van der Waals surface area contributed by atoms with Crippen LogP contribution in [0.4, 0.5) is 5.69 Å². The molecule has 1 aromatic heterocycles. The summed E-state index contributed by atoms with van der Waals surface area (Å²) in [5.41, 5.74) is 10.7. The molecule has 3 aromatic rings. The van der Waals surface area contributed by atoms with Gasteiger partial charge in [-0.15, -0.1) is 0 Å². The number of rotatable bonds is 6. The molecule has 7 heteroatoms. The summed E-state index contributed by atoms with van der Waals surface area (Å²) >= 11 is 0. The molecule has 5 rings (SSSR count). The van der Waals surface area contributed by atoms with Crippen molar-refractivity contribution in [3.05, 3.63) is 53.6 Å². The highest BCUT2D eigenvalue weighted by molar-refractivity contribution is 6.03. The number of anilines is 1. The van der Waals surface area contributed by atoms with Gasteiger partial charge < -0.3 is 20.9 Å². The van der Waals surface area contributed by atoms with Gasteiger partial charge in [-0.1, -0.05) is 97.1 Å². The van der Waals surface area contributed by atoms with Crippen LogP contribution in [0.2, 0.25) is 0 Å². The van der Waals surface area contributed by atoms with Crippen LogP contribution in [-0.2, 0) is 22.6 Å². The molecule has 0 radical (unpaired) electrons. The van der Waals surface area contributed by atoms with Crippen LogP contribution in [0.5, 0.6) is 0 Å². The van der Waals surface area contributed by atoms with Crippen molar-refractivity contribution >= 4 is 34.7 Å². The molecule has 0 saturated heterocycles. The maximum Gasteiger partial charge on any atom is 0.244 e. The Morgan fingerprint density at radius 3 is 2.23 bits per heavy atom. The summed E-state index contributed by atoms with van der Waals surface area (Å²) in [6.07, 6.45) is 9.47. The van der Waals surface area contributed by atoms with Crippen molar-refractivity contribution in [3.8, 4) is 11.3 Å². The van der Waals surface area contributed by atoms with E-state index in [2.05, 4.69) is 36.0 Å². The van der Waals surface area contributed by atoms with Gasteiger partial charge in [0, 0.05) is 22.0 Å². The third-order valence-electron chi connectivity index (χ3n) is 7.49. The lowest BCUT2D eigenvalue weighted by atomic mass is 9.97. The Hall–Kier alpha value is -3.45. The fourth-order valence-corrected chi connectivity index (χ4v) is 5.22. The molecule has 2 aromatic carbocycles. The molecule has 0 atom stereocenters. The second-order valence-corrected chi connectivity index (χ2v) is 10.1. The van der Waals surface area contributed by atoms with Gasteiger partial charge in [0.1, 0.15) is 12.8 Å². The normalized spacial score (nSPS) is 14.5. The number of unbranched alkanes of at least 4 members (excludes halogenated alkanes) is 1. The van der Waals surface area contributed by atoms with Crippen molar-refractivity contribution in [3.63, 3.8) is 0 Å². The number of aldehydes is 1. The van der Waals surface area contributed by atoms with E-state index in [0.717, 1.165) is 72.7 Å². The fraction of sp³-hybridized carbons (Fsp3) is 0.485. The fourth-order valence-electron chi connectivity index (χ4n) is 5.22. The van der Waals surface area contributed by atoms with Gasteiger partial charge in [0.15, 0.2) is 0 Å². The van der Waals surface area contributed by atoms with Crippen molar-refractivity contribution in [1.29, 1.82) is 0 Å². The summed E-state index contributed by atoms with van der Waals surface area (Å²) in [6.45, 7) is 10.8. The van der Waals surface area contributed by atoms with Gasteiger partial charge in [0.05, 0.1) is 16.9 Å². The van der Waals surface area contributed by atoms with Gasteiger partial charge in [-0.3, -0.25) is 14.4 Å². The number of primary amides is 1. The zero-order chi connectivity index (χ0) is 29.7. The van der Waals surface area contributed by atoms with Crippen LogP contribution in [0.3, 0.4) is 0 Å². The number of nitrogens with two attached hydrogens (primary N) is 1. The van der Waals surface area contributed by atoms with Gasteiger partial charge in [0.2, 0.25) is 11.8 Å². The van der Waals surface area contributed by atoms with Gasteiger partial charge in [-0.25, -0.2) is 0 Å². The molecule has 1 aliphatic carbocycles. The average Bonchev–Trinajstić information content (AvgIpc) is 3.55. The van der Waals surface area contributed by atoms with Crippen molar-refractivity contribution in [2.75, 3.05) is 12.4 Å². The predicted octanol–water partition coefficient (Wildman–Crippen LogP) is 6.86. The molecule has 1 aliphatic heterocycles. The van der Waals surface area contributed by atoms with Crippen molar-refractivity contribution in [2.45, 2.75) is 98.1 Å². The number of hydrogen-bond donors (Lipinski definition) is 3. The number of nitrogens with zero attached hydrogens (tertiary/aromatic N) is 1. The number of likely N-dealkylation sites (N-methyl/N-ethyl adjacent to an activating group) is 1. The molecule has 0 bridgehead atoms. The molecule has 2 heterocycles. The van der Waals surface area contributed by atoms with Crippen LogP contribution in [0.15, 0.2) is 42.5 Å². The molecule has 0 spiro atoms. The minimum Gasteiger partial charge on any atom is -0.368 e. The van der Waals surface area contributed by atoms with Gasteiger partial charge in [-0.05, 0) is 44.0 Å². The standard InChI is InChI=1S/C20H18N2O2.C7H14N2O.C4H10.C2H6/c1-2-5-15-14-9-8-13(12-23)10-18(14)22-11-19(24)21-17-7-4-3-6-16(17)20(15)22;1-9-7(6(8)10)4-2-3-5-7;1-3-4-2;1-2/h3-4,6-10,12H,2,5,11H2,1H3,(H,21,24);9H,2-5H2,1H3,(H2,8,10);3-4H2,1-2H3;1-2H3. The van der Waals surface area contributed by atoms with Crippen LogP contribution < -0.4 is 16.4 Å². The number of carbonyl (C=O) groups is 3. The Labute approximate surface area is 239 Å². The summed E-state index contributed by atoms with van der Waals surface area (Å²) in [5.74, 6) is -0.245. The molecule has 218 valence electrons. The predicted molar refractivity (Wildman–Crippen MR) is 167 cm³/mol. The van der Waals surface area contributed by atoms with E-state index in [0.29, 0.717) is 5.56 Å². The first kappa shape index (κ1) is 32.8. The quantitative estimate of drug-likeness (QED) is 0.293. The summed E-state index contributed by atoms with van der Waals surface area (Å²) in [6, 6.07) is 13.6. The Morgan fingerprint density at radius 1 is 1.05 bits per heavy atom. The number of amides is 2. The van der Waals surface area contributed by atoms with E-state index >= 15 is 0 Å². The highest BCUT2D eigenvalue weighted by atomic mass is 16.2. The second kappa shape index (κ2) is 16.0. The third-order valence-corrected chi connectivity index (χ3v) is 7.49. The van der Waals surface area contributed by atoms with E-state index in [9.17, 15) is 14.4 Å². The van der Waals surface area contributed by atoms with Crippen molar-refractivity contribution in [2.24, 2.45) is 5.73 Å². The Balaban J connectivity index is 0.000000291. The monoisotopic (exact) mass is 548 g/mol. The average molecular weight is 549 g/mol. The van der Waals surface area contributed by atoms with Gasteiger partial charge in [0.25, 0.3) is 0 Å². The van der Waals surface area contributed by atoms with Crippen LogP contribution in [0.25, 0.3) is 22.2 Å². The molecule has 4 N–H and O–H groups in total. The lowest BCUT2D eigenvalue weighted by Gasteiger charge is -2.23. The molecular weight excluding hydrogens is 500 g/mol. The van der Waals surface area contributed by atoms with Gasteiger partial charge in [-0.2, -0.15) is 0 Å². The topological polar surface area (TPSA) is 106 Å². The van der Waals surface area contributed by atoms with Crippen LogP contribution in [0.1, 0.15) is 95.5 Å². The highest BCUT2D eigenvalue weighted by Gasteiger charge is 2.37. The number of nitrogens with one attached hydrogen (secondary N) is 2. The number of para-hydroxylation sites is 1. The SMILES string of the molecule is CC.CCCC.CCCc1c2n(c3cc(C=O)ccc13)CC(=O)Nc1ccccc1-2.CNC1(C(N)=O)CCCC1. The van der Waals surface area contributed by atoms with E-state index in [1.165, 1.54) is 18.4 Å². The molecule has 0 unspecified atom stereocenters. The summed E-state index contributed by atoms with van der Waals surface area (Å²) in [7, 11) is 1.80. The maximum atomic E-state index is 12.4. The van der Waals surface area contributed by atoms with Gasteiger partial charge >= 0.3 is 0 Å². The number of hydrogen-bond acceptors (Lipinski definition) is 4. The molecule has 1 saturated carbocycles. The van der Waals surface area contributed by atoms with Crippen molar-refractivity contribution < 1.29 is 14.4 Å². The van der Waals surface area contributed by atoms with E-state index in [-0.39, 0.29) is 23.9 Å². The molecule has 40 heavy (non-hydrogen) atoms. The van der Waals surface area contributed by atoms with E-state index < -0.39 is 0 Å². The molecule has 2 aliphatic rings. The van der Waals surface area contributed by atoms with Crippen LogP contribution in [0, 0.1) is 0 Å². The molecule has 1 fully saturated rings. The summed E-state index contributed by atoms with van der Waals surface area (Å²) < 4.78 is 2.05. The highest BCUT2D eigenvalue weighted by Crippen LogP contribution is 2.40. The Kier molecular flexibility index (Phi) is 13.1. The maximum absolute atomic E-state index is 12.4. The zero-order valence-electron chi connectivity index (χ0n) is 25.2. The third kappa shape index (κ3) is 7.39. The van der Waals surface area contributed by atoms with E-state index in [1.54, 1.807) is 7.05 Å². The summed E-state index contributed by atoms with van der Waals surface area (Å²) in [4.78, 5) is 34.5. The van der Waals surface area contributed by atoms with Crippen LogP contribution >= 0.6 is 0 Å². The minimum atomic E-state index is -0.375. The molecule has 2 amide bonds. The smallest absolute Gasteiger partial charge is 0.244 e. The second-order valence-electron chi connectivity index (χ2n) is 10.1. The van der Waals surface area contributed by atoms with E-state index in [4.69, 9.17) is 5.73 Å². The Bertz CT molecular complexity index is 1270. The number of aryl methyl sites for hydroxylation is 1. The number of benzene rings is 2. The number of aromatic nitrogens is 1. The minimum absolute atomic E-state index is 0.0438. The number of carbonyl (C=O) groups excluding carboxylic acids is 3. The molecular formula is C33H48N4O3. The van der Waals surface area contributed by atoms with Crippen molar-refractivity contribution in [1.82, 2.24) is 9.88 Å². The summed E-state index contributed by atoms with van der Waals surface area (Å²) in [5, 5.41) is 7.12. The largest absolute Gasteiger partial charge is 0.368 e. The molecule has 7 nitrogen and oxygen atoms in total.